The molecular weight excluding hydrogens is 402 g/mol. The van der Waals surface area contributed by atoms with Crippen molar-refractivity contribution in [3.05, 3.63) is 35.6 Å². The van der Waals surface area contributed by atoms with Gasteiger partial charge >= 0.3 is 6.09 Å². The molecule has 1 aromatic carbocycles. The number of carbonyl (C=O) groups is 1. The number of rotatable bonds is 8. The molecule has 2 heterocycles. The van der Waals surface area contributed by atoms with Crippen molar-refractivity contribution < 1.29 is 31.9 Å². The molecule has 2 aromatic rings. The second-order valence-corrected chi connectivity index (χ2v) is 8.25. The summed E-state index contributed by atoms with van der Waals surface area (Å²) >= 11 is 0. The van der Waals surface area contributed by atoms with Crippen LogP contribution in [0.3, 0.4) is 0 Å². The molecule has 0 fully saturated rings. The minimum atomic E-state index is -3.74. The maximum atomic E-state index is 13.0. The summed E-state index contributed by atoms with van der Waals surface area (Å²) in [5.74, 6) is 1.04. The fourth-order valence-electron chi connectivity index (χ4n) is 2.87. The first-order valence-corrected chi connectivity index (χ1v) is 10.5. The predicted octanol–water partition coefficient (Wildman–Crippen LogP) is 1.56. The van der Waals surface area contributed by atoms with Crippen LogP contribution in [0.5, 0.6) is 11.6 Å². The van der Waals surface area contributed by atoms with Gasteiger partial charge in [-0.25, -0.2) is 13.2 Å². The Kier molecular flexibility index (Phi) is 6.72. The summed E-state index contributed by atoms with van der Waals surface area (Å²) in [6.45, 7) is 1.13. The first-order valence-electron chi connectivity index (χ1n) is 9.02. The number of aromatic nitrogens is 1. The third-order valence-electron chi connectivity index (χ3n) is 4.44. The molecule has 0 bridgehead atoms. The zero-order valence-corrected chi connectivity index (χ0v) is 17.0. The average Bonchev–Trinajstić information content (AvgIpc) is 3.13. The molecule has 1 aliphatic rings. The van der Waals surface area contributed by atoms with Crippen molar-refractivity contribution in [1.29, 1.82) is 0 Å². The number of ether oxygens (including phenoxy) is 3. The first-order chi connectivity index (χ1) is 14.0. The lowest BCUT2D eigenvalue weighted by molar-refractivity contribution is 0.183. The lowest BCUT2D eigenvalue weighted by Crippen LogP contribution is -2.36. The van der Waals surface area contributed by atoms with Crippen LogP contribution in [0.4, 0.5) is 4.79 Å². The molecule has 3 rings (SSSR count). The maximum Gasteiger partial charge on any atom is 0.414 e. The highest BCUT2D eigenvalue weighted by atomic mass is 32.2. The molecule has 29 heavy (non-hydrogen) atoms. The van der Waals surface area contributed by atoms with Gasteiger partial charge in [-0.15, -0.1) is 0 Å². The molecule has 11 heteroatoms. The van der Waals surface area contributed by atoms with E-state index in [1.54, 1.807) is 19.2 Å². The van der Waals surface area contributed by atoms with Gasteiger partial charge in [0.2, 0.25) is 10.0 Å². The Hall–Kier alpha value is -2.63. The average molecular weight is 425 g/mol. The lowest BCUT2D eigenvalue weighted by Gasteiger charge is -2.25. The molecule has 1 aromatic heterocycles. The Morgan fingerprint density at radius 3 is 2.72 bits per heavy atom. The van der Waals surface area contributed by atoms with Crippen LogP contribution in [0.25, 0.3) is 0 Å². The van der Waals surface area contributed by atoms with E-state index in [9.17, 15) is 13.2 Å². The highest BCUT2D eigenvalue weighted by molar-refractivity contribution is 7.89. The monoisotopic (exact) mass is 425 g/mol. The zero-order chi connectivity index (χ0) is 20.9. The summed E-state index contributed by atoms with van der Waals surface area (Å²) in [5.41, 5.74) is 0.445. The normalized spacial score (nSPS) is 14.3. The number of benzene rings is 1. The van der Waals surface area contributed by atoms with Crippen LogP contribution in [-0.2, 0) is 27.7 Å². The van der Waals surface area contributed by atoms with Crippen LogP contribution in [0.1, 0.15) is 17.7 Å². The van der Waals surface area contributed by atoms with Crippen molar-refractivity contribution in [3.63, 3.8) is 0 Å². The van der Waals surface area contributed by atoms with Crippen molar-refractivity contribution in [1.82, 2.24) is 14.8 Å². The predicted molar refractivity (Wildman–Crippen MR) is 101 cm³/mol. The van der Waals surface area contributed by atoms with E-state index < -0.39 is 16.1 Å². The molecule has 10 nitrogen and oxygen atoms in total. The summed E-state index contributed by atoms with van der Waals surface area (Å²) in [4.78, 5) is 12.1. The zero-order valence-electron chi connectivity index (χ0n) is 16.2. The highest BCUT2D eigenvalue weighted by Crippen LogP contribution is 2.31. The van der Waals surface area contributed by atoms with E-state index in [2.05, 4.69) is 10.5 Å². The van der Waals surface area contributed by atoms with Gasteiger partial charge in [-0.05, 0) is 35.8 Å². The summed E-state index contributed by atoms with van der Waals surface area (Å²) < 4.78 is 47.6. The molecule has 0 unspecified atom stereocenters. The van der Waals surface area contributed by atoms with Gasteiger partial charge in [0.25, 0.3) is 5.88 Å². The quantitative estimate of drug-likeness (QED) is 0.633. The standard InChI is InChI=1S/C18H23N3O7S/c1-25-11-3-9-19-18(22)27-17-15-12-21(10-8-16(15)28-20-17)29(23,24)14-6-4-13(26-2)5-7-14/h4-7H,3,8-12H2,1-2H3,(H,19,22). The third kappa shape index (κ3) is 4.86. The maximum absolute atomic E-state index is 13.0. The number of carbonyl (C=O) groups excluding carboxylic acids is 1. The van der Waals surface area contributed by atoms with Gasteiger partial charge in [0.15, 0.2) is 0 Å². The van der Waals surface area contributed by atoms with E-state index in [1.807, 2.05) is 0 Å². The molecule has 0 atom stereocenters. The molecule has 0 saturated heterocycles. The van der Waals surface area contributed by atoms with E-state index in [0.717, 1.165) is 0 Å². The summed E-state index contributed by atoms with van der Waals surface area (Å²) in [5, 5.41) is 6.35. The van der Waals surface area contributed by atoms with Gasteiger partial charge in [0.1, 0.15) is 11.5 Å². The minimum Gasteiger partial charge on any atom is -0.497 e. The lowest BCUT2D eigenvalue weighted by atomic mass is 10.1. The van der Waals surface area contributed by atoms with Crippen LogP contribution >= 0.6 is 0 Å². The van der Waals surface area contributed by atoms with E-state index in [0.29, 0.717) is 43.1 Å². The second-order valence-electron chi connectivity index (χ2n) is 6.32. The van der Waals surface area contributed by atoms with Crippen LogP contribution in [-0.4, -0.2) is 57.9 Å². The van der Waals surface area contributed by atoms with Gasteiger partial charge < -0.3 is 24.1 Å². The highest BCUT2D eigenvalue weighted by Gasteiger charge is 2.33. The van der Waals surface area contributed by atoms with Crippen molar-refractivity contribution in [2.75, 3.05) is 33.9 Å². The first kappa shape index (κ1) is 21.1. The Bertz CT molecular complexity index is 941. The second kappa shape index (κ2) is 9.25. The Balaban J connectivity index is 1.69. The Labute approximate surface area is 168 Å². The van der Waals surface area contributed by atoms with Crippen LogP contribution in [0, 0.1) is 0 Å². The SMILES string of the molecule is COCCCNC(=O)Oc1noc2c1CN(S(=O)(=O)c1ccc(OC)cc1)CC2. The minimum absolute atomic E-state index is 0.000512. The summed E-state index contributed by atoms with van der Waals surface area (Å²) in [7, 11) is -0.649. The molecule has 1 aliphatic heterocycles. The number of fused-ring (bicyclic) bond motifs is 1. The number of amides is 1. The van der Waals surface area contributed by atoms with Gasteiger partial charge in [0.05, 0.1) is 17.6 Å². The molecule has 0 radical (unpaired) electrons. The fourth-order valence-corrected chi connectivity index (χ4v) is 4.28. The largest absolute Gasteiger partial charge is 0.497 e. The van der Waals surface area contributed by atoms with Gasteiger partial charge in [-0.2, -0.15) is 4.31 Å². The summed E-state index contributed by atoms with van der Waals surface area (Å²) in [6.07, 6.45) is 0.278. The molecule has 158 valence electrons. The number of nitrogens with zero attached hydrogens (tertiary/aromatic N) is 2. The molecule has 0 aliphatic carbocycles. The smallest absolute Gasteiger partial charge is 0.414 e. The number of nitrogens with one attached hydrogen (secondary N) is 1. The number of methoxy groups -OCH3 is 2. The van der Waals surface area contributed by atoms with Crippen LogP contribution < -0.4 is 14.8 Å². The summed E-state index contributed by atoms with van der Waals surface area (Å²) in [6, 6.07) is 6.15. The van der Waals surface area contributed by atoms with Crippen molar-refractivity contribution in [3.8, 4) is 11.6 Å². The molecule has 1 amide bonds. The van der Waals surface area contributed by atoms with Crippen LogP contribution in [0.2, 0.25) is 0 Å². The van der Waals surface area contributed by atoms with Crippen molar-refractivity contribution in [2.24, 2.45) is 0 Å². The van der Waals surface area contributed by atoms with Crippen molar-refractivity contribution in [2.45, 2.75) is 24.3 Å². The molecule has 0 saturated carbocycles. The number of hydrogen-bond acceptors (Lipinski definition) is 8. The van der Waals surface area contributed by atoms with E-state index in [4.69, 9.17) is 18.7 Å². The third-order valence-corrected chi connectivity index (χ3v) is 6.30. The van der Waals surface area contributed by atoms with E-state index >= 15 is 0 Å². The molecular formula is C18H23N3O7S. The Morgan fingerprint density at radius 2 is 2.03 bits per heavy atom. The van der Waals surface area contributed by atoms with Gasteiger partial charge in [-0.3, -0.25) is 0 Å². The van der Waals surface area contributed by atoms with Gasteiger partial charge in [-0.1, -0.05) is 0 Å². The van der Waals surface area contributed by atoms with Gasteiger partial charge in [0, 0.05) is 39.8 Å². The van der Waals surface area contributed by atoms with E-state index in [1.165, 1.54) is 23.5 Å². The van der Waals surface area contributed by atoms with E-state index in [-0.39, 0.29) is 23.9 Å². The Morgan fingerprint density at radius 1 is 1.28 bits per heavy atom. The topological polar surface area (TPSA) is 120 Å². The fraction of sp³-hybridized carbons (Fsp3) is 0.444. The van der Waals surface area contributed by atoms with Crippen molar-refractivity contribution >= 4 is 16.1 Å². The van der Waals surface area contributed by atoms with Crippen LogP contribution in [0.15, 0.2) is 33.7 Å². The number of sulfonamides is 1. The molecule has 1 N–H and O–H groups in total. The number of hydrogen-bond donors (Lipinski definition) is 1. The molecule has 0 spiro atoms.